The zero-order valence-corrected chi connectivity index (χ0v) is 13.3. The molecule has 0 heterocycles. The van der Waals surface area contributed by atoms with E-state index in [0.29, 0.717) is 5.56 Å². The second-order valence-corrected chi connectivity index (χ2v) is 5.67. The van der Waals surface area contributed by atoms with Crippen molar-refractivity contribution in [1.82, 2.24) is 0 Å². The van der Waals surface area contributed by atoms with Gasteiger partial charge >= 0.3 is 0 Å². The predicted molar refractivity (Wildman–Crippen MR) is 95.1 cm³/mol. The lowest BCUT2D eigenvalue weighted by Gasteiger charge is -2.19. The molecule has 0 radical (unpaired) electrons. The first-order valence-corrected chi connectivity index (χ1v) is 7.68. The number of fused-ring (bicyclic) bond motifs is 1. The summed E-state index contributed by atoms with van der Waals surface area (Å²) in [5, 5.41) is 10.8. The summed E-state index contributed by atoms with van der Waals surface area (Å²) in [6, 6.07) is 11.7. The number of carbonyl (C=O) groups is 1. The first kappa shape index (κ1) is 16.4. The van der Waals surface area contributed by atoms with Gasteiger partial charge in [0.05, 0.1) is 4.92 Å². The van der Waals surface area contributed by atoms with Crippen LogP contribution >= 0.6 is 0 Å². The molecule has 0 aliphatic heterocycles. The van der Waals surface area contributed by atoms with Gasteiger partial charge < -0.3 is 11.5 Å². The summed E-state index contributed by atoms with van der Waals surface area (Å²) >= 11 is 0. The third-order valence-corrected chi connectivity index (χ3v) is 4.03. The van der Waals surface area contributed by atoms with Gasteiger partial charge in [0.1, 0.15) is 0 Å². The Hall–Kier alpha value is -3.48. The quantitative estimate of drug-likeness (QED) is 0.385. The van der Waals surface area contributed by atoms with Gasteiger partial charge in [0.25, 0.3) is 11.6 Å². The van der Waals surface area contributed by atoms with Crippen LogP contribution < -0.4 is 11.5 Å². The molecular formula is C18H16N4O3. The van der Waals surface area contributed by atoms with Crippen LogP contribution in [0.3, 0.4) is 0 Å². The van der Waals surface area contributed by atoms with Gasteiger partial charge in [-0.1, -0.05) is 12.1 Å². The second kappa shape index (κ2) is 6.56. The fourth-order valence-corrected chi connectivity index (χ4v) is 2.88. The topological polar surface area (TPSA) is 125 Å². The van der Waals surface area contributed by atoms with Crippen molar-refractivity contribution in [2.75, 3.05) is 0 Å². The van der Waals surface area contributed by atoms with Crippen molar-refractivity contribution in [2.24, 2.45) is 16.5 Å². The van der Waals surface area contributed by atoms with Crippen molar-refractivity contribution < 1.29 is 9.72 Å². The first-order valence-electron chi connectivity index (χ1n) is 7.68. The summed E-state index contributed by atoms with van der Waals surface area (Å²) in [6.45, 7) is 0. The van der Waals surface area contributed by atoms with E-state index >= 15 is 0 Å². The average Bonchev–Trinajstić information content (AvgIpc) is 2.60. The standard InChI is InChI=1S/C18H16N4O3/c19-18(20)21-17(23)13-5-4-11-2-1-3-15(16(11)10-13)12-6-8-14(9-7-12)22(24)25/h3-10H,1-2H2,(H4,19,20,21,23). The summed E-state index contributed by atoms with van der Waals surface area (Å²) in [7, 11) is 0. The molecule has 0 saturated carbocycles. The second-order valence-electron chi connectivity index (χ2n) is 5.67. The zero-order chi connectivity index (χ0) is 18.0. The number of aryl methyl sites for hydroxylation is 1. The number of rotatable bonds is 3. The van der Waals surface area contributed by atoms with Crippen LogP contribution in [0.15, 0.2) is 53.5 Å². The highest BCUT2D eigenvalue weighted by atomic mass is 16.6. The van der Waals surface area contributed by atoms with E-state index in [-0.39, 0.29) is 11.6 Å². The van der Waals surface area contributed by atoms with E-state index in [1.54, 1.807) is 24.3 Å². The summed E-state index contributed by atoms with van der Waals surface area (Å²) in [4.78, 5) is 26.0. The number of guanidine groups is 1. The summed E-state index contributed by atoms with van der Waals surface area (Å²) < 4.78 is 0. The van der Waals surface area contributed by atoms with Gasteiger partial charge in [-0.2, -0.15) is 4.99 Å². The number of allylic oxidation sites excluding steroid dienone is 1. The lowest BCUT2D eigenvalue weighted by Crippen LogP contribution is -2.24. The van der Waals surface area contributed by atoms with E-state index in [1.807, 2.05) is 6.07 Å². The van der Waals surface area contributed by atoms with Crippen LogP contribution in [0.25, 0.3) is 5.57 Å². The van der Waals surface area contributed by atoms with Crippen molar-refractivity contribution in [3.63, 3.8) is 0 Å². The Bertz CT molecular complexity index is 910. The molecule has 0 bridgehead atoms. The summed E-state index contributed by atoms with van der Waals surface area (Å²) in [5.74, 6) is -0.787. The maximum absolute atomic E-state index is 12.1. The van der Waals surface area contributed by atoms with Gasteiger partial charge in [-0.3, -0.25) is 14.9 Å². The maximum Gasteiger partial charge on any atom is 0.280 e. The number of hydrogen-bond donors (Lipinski definition) is 2. The van der Waals surface area contributed by atoms with E-state index in [1.165, 1.54) is 12.1 Å². The van der Waals surface area contributed by atoms with Crippen LogP contribution in [0, 0.1) is 10.1 Å². The zero-order valence-electron chi connectivity index (χ0n) is 13.3. The first-order chi connectivity index (χ1) is 12.0. The van der Waals surface area contributed by atoms with E-state index in [4.69, 9.17) is 11.5 Å². The van der Waals surface area contributed by atoms with Crippen molar-refractivity contribution in [3.05, 3.63) is 80.9 Å². The summed E-state index contributed by atoms with van der Waals surface area (Å²) in [5.41, 5.74) is 14.8. The van der Waals surface area contributed by atoms with Gasteiger partial charge in [0, 0.05) is 17.7 Å². The van der Waals surface area contributed by atoms with Gasteiger partial charge in [0.2, 0.25) is 0 Å². The highest BCUT2D eigenvalue weighted by molar-refractivity contribution is 6.02. The minimum absolute atomic E-state index is 0.0390. The minimum atomic E-state index is -0.503. The fourth-order valence-electron chi connectivity index (χ4n) is 2.88. The van der Waals surface area contributed by atoms with Crippen LogP contribution in [0.4, 0.5) is 5.69 Å². The largest absolute Gasteiger partial charge is 0.370 e. The number of amides is 1. The smallest absolute Gasteiger partial charge is 0.280 e. The van der Waals surface area contributed by atoms with Crippen molar-refractivity contribution in [3.8, 4) is 0 Å². The number of non-ortho nitro benzene ring substituents is 1. The highest BCUT2D eigenvalue weighted by Gasteiger charge is 2.17. The molecule has 7 heteroatoms. The molecule has 1 amide bonds. The van der Waals surface area contributed by atoms with Crippen molar-refractivity contribution in [2.45, 2.75) is 12.8 Å². The molecule has 0 spiro atoms. The number of nitro benzene ring substituents is 1. The van der Waals surface area contributed by atoms with Crippen LogP contribution in [-0.2, 0) is 6.42 Å². The molecule has 0 aromatic heterocycles. The van der Waals surface area contributed by atoms with Gasteiger partial charge in [-0.05, 0) is 59.4 Å². The highest BCUT2D eigenvalue weighted by Crippen LogP contribution is 2.33. The van der Waals surface area contributed by atoms with Gasteiger partial charge in [-0.25, -0.2) is 0 Å². The fraction of sp³-hybridized carbons (Fsp3) is 0.111. The van der Waals surface area contributed by atoms with E-state index in [2.05, 4.69) is 11.1 Å². The number of benzene rings is 2. The van der Waals surface area contributed by atoms with Crippen molar-refractivity contribution >= 4 is 23.1 Å². The summed E-state index contributed by atoms with van der Waals surface area (Å²) in [6.07, 6.45) is 3.79. The predicted octanol–water partition coefficient (Wildman–Crippen LogP) is 2.39. The van der Waals surface area contributed by atoms with Crippen LogP contribution in [-0.4, -0.2) is 16.8 Å². The molecule has 1 aliphatic rings. The van der Waals surface area contributed by atoms with Crippen LogP contribution in [0.1, 0.15) is 33.5 Å². The molecule has 126 valence electrons. The Morgan fingerprint density at radius 3 is 2.48 bits per heavy atom. The van der Waals surface area contributed by atoms with Gasteiger partial charge in [0.15, 0.2) is 5.96 Å². The molecule has 1 aliphatic carbocycles. The van der Waals surface area contributed by atoms with Crippen molar-refractivity contribution in [1.29, 1.82) is 0 Å². The molecule has 0 saturated heterocycles. The molecule has 2 aromatic carbocycles. The molecule has 0 fully saturated rings. The molecule has 25 heavy (non-hydrogen) atoms. The van der Waals surface area contributed by atoms with Crippen LogP contribution in [0.5, 0.6) is 0 Å². The molecule has 0 unspecified atom stereocenters. The third-order valence-electron chi connectivity index (χ3n) is 4.03. The molecular weight excluding hydrogens is 320 g/mol. The Kier molecular flexibility index (Phi) is 4.30. The maximum atomic E-state index is 12.1. The monoisotopic (exact) mass is 336 g/mol. The lowest BCUT2D eigenvalue weighted by molar-refractivity contribution is -0.384. The number of aliphatic imine (C=N–C) groups is 1. The Balaban J connectivity index is 2.02. The normalized spacial score (nSPS) is 12.7. The Labute approximate surface area is 143 Å². The molecule has 2 aromatic rings. The molecule has 3 rings (SSSR count). The van der Waals surface area contributed by atoms with E-state index in [9.17, 15) is 14.9 Å². The number of nitro groups is 1. The lowest BCUT2D eigenvalue weighted by atomic mass is 9.86. The molecule has 0 atom stereocenters. The Morgan fingerprint density at radius 1 is 1.12 bits per heavy atom. The number of carbonyl (C=O) groups excluding carboxylic acids is 1. The van der Waals surface area contributed by atoms with Gasteiger partial charge in [-0.15, -0.1) is 0 Å². The van der Waals surface area contributed by atoms with E-state index < -0.39 is 10.8 Å². The molecule has 4 N–H and O–H groups in total. The average molecular weight is 336 g/mol. The number of hydrogen-bond acceptors (Lipinski definition) is 3. The minimum Gasteiger partial charge on any atom is -0.370 e. The third kappa shape index (κ3) is 3.40. The SMILES string of the molecule is NC(N)=NC(=O)c1ccc2c(c1)C(c1ccc([N+](=O)[O-])cc1)=CCC2. The van der Waals surface area contributed by atoms with E-state index in [0.717, 1.165) is 35.1 Å². The van der Waals surface area contributed by atoms with Crippen LogP contribution in [0.2, 0.25) is 0 Å². The number of nitrogens with two attached hydrogens (primary N) is 2. The number of nitrogens with zero attached hydrogens (tertiary/aromatic N) is 2. The Morgan fingerprint density at radius 2 is 1.84 bits per heavy atom. The molecule has 7 nitrogen and oxygen atoms in total.